The highest BCUT2D eigenvalue weighted by Gasteiger charge is 2.13. The van der Waals surface area contributed by atoms with Crippen LogP contribution in [0.15, 0.2) is 24.4 Å². The first kappa shape index (κ1) is 11.6. The second-order valence-electron chi connectivity index (χ2n) is 3.44. The number of aliphatic carboxylic acids is 1. The Morgan fingerprint density at radius 2 is 2.24 bits per heavy atom. The molecule has 1 aromatic carbocycles. The van der Waals surface area contributed by atoms with Crippen molar-refractivity contribution in [2.24, 2.45) is 0 Å². The van der Waals surface area contributed by atoms with Gasteiger partial charge >= 0.3 is 5.97 Å². The minimum absolute atomic E-state index is 0.176. The maximum Gasteiger partial charge on any atom is 0.344 e. The van der Waals surface area contributed by atoms with E-state index in [1.807, 2.05) is 0 Å². The lowest BCUT2D eigenvalue weighted by Gasteiger charge is -2.09. The standard InChI is InChI=1S/C11H9ClN2O3/c1-6(11(15)16)17-10-5-13-9-4-7(12)2-3-8(9)14-10/h2-6H,1H3,(H,15,16)/t6-/m1/s1. The number of benzene rings is 1. The number of carbonyl (C=O) groups is 1. The maximum absolute atomic E-state index is 10.6. The van der Waals surface area contributed by atoms with Gasteiger partial charge in [0.15, 0.2) is 6.10 Å². The first-order valence-corrected chi connectivity index (χ1v) is 5.26. The number of nitrogens with zero attached hydrogens (tertiary/aromatic N) is 2. The molecule has 0 saturated heterocycles. The largest absolute Gasteiger partial charge is 0.479 e. The van der Waals surface area contributed by atoms with Crippen molar-refractivity contribution >= 4 is 28.6 Å². The van der Waals surface area contributed by atoms with Crippen LogP contribution in [-0.2, 0) is 4.79 Å². The smallest absolute Gasteiger partial charge is 0.344 e. The molecule has 0 bridgehead atoms. The summed E-state index contributed by atoms with van der Waals surface area (Å²) >= 11 is 5.81. The monoisotopic (exact) mass is 252 g/mol. The first-order chi connectivity index (χ1) is 8.06. The van der Waals surface area contributed by atoms with Gasteiger partial charge < -0.3 is 9.84 Å². The van der Waals surface area contributed by atoms with Crippen molar-refractivity contribution in [2.45, 2.75) is 13.0 Å². The maximum atomic E-state index is 10.6. The third-order valence-electron chi connectivity index (χ3n) is 2.13. The van der Waals surface area contributed by atoms with E-state index < -0.39 is 12.1 Å². The summed E-state index contributed by atoms with van der Waals surface area (Å²) in [7, 11) is 0. The van der Waals surface area contributed by atoms with Crippen molar-refractivity contribution in [3.63, 3.8) is 0 Å². The molecule has 88 valence electrons. The fourth-order valence-electron chi connectivity index (χ4n) is 1.26. The molecule has 0 spiro atoms. The highest BCUT2D eigenvalue weighted by atomic mass is 35.5. The topological polar surface area (TPSA) is 72.3 Å². The molecule has 1 aromatic heterocycles. The van der Waals surface area contributed by atoms with Crippen molar-refractivity contribution < 1.29 is 14.6 Å². The number of hydrogen-bond donors (Lipinski definition) is 1. The van der Waals surface area contributed by atoms with Crippen molar-refractivity contribution in [3.8, 4) is 5.88 Å². The second kappa shape index (κ2) is 4.55. The molecule has 1 atom stereocenters. The number of rotatable bonds is 3. The van der Waals surface area contributed by atoms with E-state index in [0.717, 1.165) is 0 Å². The Morgan fingerprint density at radius 3 is 2.94 bits per heavy atom. The highest BCUT2D eigenvalue weighted by molar-refractivity contribution is 6.31. The Hall–Kier alpha value is -1.88. The number of hydrogen-bond acceptors (Lipinski definition) is 4. The molecule has 0 aliphatic carbocycles. The van der Waals surface area contributed by atoms with E-state index in [2.05, 4.69) is 9.97 Å². The summed E-state index contributed by atoms with van der Waals surface area (Å²) in [4.78, 5) is 18.8. The fraction of sp³-hybridized carbons (Fsp3) is 0.182. The number of fused-ring (bicyclic) bond motifs is 1. The number of aromatic nitrogens is 2. The van der Waals surface area contributed by atoms with Gasteiger partial charge in [0.1, 0.15) is 0 Å². The van der Waals surface area contributed by atoms with Gasteiger partial charge in [-0.3, -0.25) is 0 Å². The molecule has 2 rings (SSSR count). The van der Waals surface area contributed by atoms with E-state index in [9.17, 15) is 4.79 Å². The zero-order chi connectivity index (χ0) is 12.4. The molecule has 1 heterocycles. The van der Waals surface area contributed by atoms with Crippen LogP contribution in [0.1, 0.15) is 6.92 Å². The van der Waals surface area contributed by atoms with Crippen LogP contribution in [0, 0.1) is 0 Å². The minimum atomic E-state index is -1.05. The van der Waals surface area contributed by atoms with Crippen LogP contribution in [0.2, 0.25) is 5.02 Å². The summed E-state index contributed by atoms with van der Waals surface area (Å²) in [6, 6.07) is 5.06. The number of carboxylic acids is 1. The van der Waals surface area contributed by atoms with Gasteiger partial charge in [-0.1, -0.05) is 11.6 Å². The Kier molecular flexibility index (Phi) is 3.10. The molecule has 2 aromatic rings. The molecule has 0 amide bonds. The molecule has 0 radical (unpaired) electrons. The Bertz CT molecular complexity index is 574. The number of carboxylic acid groups (broad SMARTS) is 1. The minimum Gasteiger partial charge on any atom is -0.479 e. The van der Waals surface area contributed by atoms with Gasteiger partial charge in [-0.25, -0.2) is 14.8 Å². The van der Waals surface area contributed by atoms with Crippen LogP contribution in [-0.4, -0.2) is 27.1 Å². The Labute approximate surface area is 102 Å². The zero-order valence-corrected chi connectivity index (χ0v) is 9.68. The molecule has 0 aliphatic rings. The van der Waals surface area contributed by atoms with Gasteiger partial charge in [-0.2, -0.15) is 0 Å². The van der Waals surface area contributed by atoms with Gasteiger partial charge in [0.05, 0.1) is 17.2 Å². The summed E-state index contributed by atoms with van der Waals surface area (Å²) < 4.78 is 5.11. The molecule has 5 nitrogen and oxygen atoms in total. The van der Waals surface area contributed by atoms with E-state index in [-0.39, 0.29) is 5.88 Å². The molecule has 17 heavy (non-hydrogen) atoms. The number of ether oxygens (including phenoxy) is 1. The third kappa shape index (κ3) is 2.62. The fourth-order valence-corrected chi connectivity index (χ4v) is 1.42. The van der Waals surface area contributed by atoms with Crippen LogP contribution in [0.25, 0.3) is 11.0 Å². The first-order valence-electron chi connectivity index (χ1n) is 4.88. The lowest BCUT2D eigenvalue weighted by molar-refractivity contribution is -0.144. The van der Waals surface area contributed by atoms with Crippen molar-refractivity contribution in [3.05, 3.63) is 29.4 Å². The highest BCUT2D eigenvalue weighted by Crippen LogP contribution is 2.18. The average Bonchev–Trinajstić information content (AvgIpc) is 2.29. The van der Waals surface area contributed by atoms with Gasteiger partial charge in [-0.15, -0.1) is 0 Å². The van der Waals surface area contributed by atoms with Crippen LogP contribution in [0.4, 0.5) is 0 Å². The Morgan fingerprint density at radius 1 is 1.47 bits per heavy atom. The lowest BCUT2D eigenvalue weighted by atomic mass is 10.3. The lowest BCUT2D eigenvalue weighted by Crippen LogP contribution is -2.23. The Balaban J connectivity index is 2.32. The van der Waals surface area contributed by atoms with Crippen LogP contribution >= 0.6 is 11.6 Å². The molecule has 0 fully saturated rings. The second-order valence-corrected chi connectivity index (χ2v) is 3.88. The molecular weight excluding hydrogens is 244 g/mol. The van der Waals surface area contributed by atoms with E-state index in [0.29, 0.717) is 16.1 Å². The van der Waals surface area contributed by atoms with E-state index in [4.69, 9.17) is 21.4 Å². The number of halogens is 1. The van der Waals surface area contributed by atoms with Crippen LogP contribution in [0.5, 0.6) is 5.88 Å². The average molecular weight is 253 g/mol. The normalized spacial score (nSPS) is 12.4. The molecule has 0 aliphatic heterocycles. The van der Waals surface area contributed by atoms with Gasteiger partial charge in [0.2, 0.25) is 5.88 Å². The molecule has 1 N–H and O–H groups in total. The zero-order valence-electron chi connectivity index (χ0n) is 8.92. The molecule has 0 saturated carbocycles. The molecule has 6 heteroatoms. The van der Waals surface area contributed by atoms with Crippen molar-refractivity contribution in [1.29, 1.82) is 0 Å². The summed E-state index contributed by atoms with van der Waals surface area (Å²) in [5.41, 5.74) is 1.23. The van der Waals surface area contributed by atoms with Gasteiger partial charge in [0.25, 0.3) is 0 Å². The molecule has 0 unspecified atom stereocenters. The van der Waals surface area contributed by atoms with E-state index in [1.165, 1.54) is 13.1 Å². The van der Waals surface area contributed by atoms with E-state index in [1.54, 1.807) is 18.2 Å². The van der Waals surface area contributed by atoms with Crippen molar-refractivity contribution in [1.82, 2.24) is 9.97 Å². The summed E-state index contributed by atoms with van der Waals surface area (Å²) in [5, 5.41) is 9.27. The predicted octanol–water partition coefficient (Wildman–Crippen LogP) is 2.14. The quantitative estimate of drug-likeness (QED) is 0.906. The SMILES string of the molecule is C[C@@H](Oc1cnc2cc(Cl)ccc2n1)C(=O)O. The van der Waals surface area contributed by atoms with Gasteiger partial charge in [-0.05, 0) is 25.1 Å². The van der Waals surface area contributed by atoms with Crippen LogP contribution in [0.3, 0.4) is 0 Å². The van der Waals surface area contributed by atoms with E-state index >= 15 is 0 Å². The summed E-state index contributed by atoms with van der Waals surface area (Å²) in [6.07, 6.45) is 0.409. The van der Waals surface area contributed by atoms with Crippen LogP contribution < -0.4 is 4.74 Å². The third-order valence-corrected chi connectivity index (χ3v) is 2.36. The summed E-state index contributed by atoms with van der Waals surface area (Å²) in [5.74, 6) is -0.877. The van der Waals surface area contributed by atoms with Gasteiger partial charge in [0, 0.05) is 5.02 Å². The molecular formula is C11H9ClN2O3. The summed E-state index contributed by atoms with van der Waals surface area (Å²) in [6.45, 7) is 1.43. The predicted molar refractivity (Wildman–Crippen MR) is 62.3 cm³/mol. The van der Waals surface area contributed by atoms with Crippen molar-refractivity contribution in [2.75, 3.05) is 0 Å².